The number of halogens is 2. The SMILES string of the molecule is COCc1nc2ccc(-c3ccc(N4CCOCC4)nc3)cc2n1Cc1ccccc1OC(F)F. The van der Waals surface area contributed by atoms with Gasteiger partial charge in [0.1, 0.15) is 24.0 Å². The van der Waals surface area contributed by atoms with Crippen LogP contribution < -0.4 is 9.64 Å². The number of pyridine rings is 1. The Morgan fingerprint density at radius 2 is 1.83 bits per heavy atom. The van der Waals surface area contributed by atoms with Crippen molar-refractivity contribution in [1.29, 1.82) is 0 Å². The Morgan fingerprint density at radius 3 is 2.57 bits per heavy atom. The number of imidazole rings is 1. The summed E-state index contributed by atoms with van der Waals surface area (Å²) in [6.45, 7) is 0.785. The molecule has 0 radical (unpaired) electrons. The van der Waals surface area contributed by atoms with Crippen molar-refractivity contribution in [2.75, 3.05) is 38.3 Å². The Kier molecular flexibility index (Phi) is 6.87. The summed E-state index contributed by atoms with van der Waals surface area (Å²) < 4.78 is 43.4. The van der Waals surface area contributed by atoms with E-state index in [-0.39, 0.29) is 12.4 Å². The van der Waals surface area contributed by atoms with Gasteiger partial charge in [0.2, 0.25) is 0 Å². The van der Waals surface area contributed by atoms with Crippen LogP contribution in [0.15, 0.2) is 60.8 Å². The number of benzene rings is 2. The molecule has 2 aromatic carbocycles. The highest BCUT2D eigenvalue weighted by atomic mass is 19.3. The lowest BCUT2D eigenvalue weighted by molar-refractivity contribution is -0.0504. The number of para-hydroxylation sites is 1. The van der Waals surface area contributed by atoms with Crippen LogP contribution in [0.3, 0.4) is 0 Å². The topological polar surface area (TPSA) is 61.6 Å². The van der Waals surface area contributed by atoms with Crippen LogP contribution in [0, 0.1) is 0 Å². The van der Waals surface area contributed by atoms with Crippen molar-refractivity contribution < 1.29 is 23.0 Å². The third-order valence-electron chi connectivity index (χ3n) is 6.03. The van der Waals surface area contributed by atoms with E-state index in [1.54, 1.807) is 31.4 Å². The molecule has 1 aliphatic heterocycles. The molecule has 0 saturated carbocycles. The summed E-state index contributed by atoms with van der Waals surface area (Å²) in [4.78, 5) is 11.6. The minimum atomic E-state index is -2.89. The van der Waals surface area contributed by atoms with Gasteiger partial charge in [-0.2, -0.15) is 8.78 Å². The largest absolute Gasteiger partial charge is 0.434 e. The van der Waals surface area contributed by atoms with E-state index in [4.69, 9.17) is 19.2 Å². The van der Waals surface area contributed by atoms with Crippen LogP contribution in [0.1, 0.15) is 11.4 Å². The van der Waals surface area contributed by atoms with Crippen molar-refractivity contribution in [2.45, 2.75) is 19.8 Å². The van der Waals surface area contributed by atoms with Crippen LogP contribution in [0.5, 0.6) is 5.75 Å². The van der Waals surface area contributed by atoms with E-state index in [0.717, 1.165) is 41.1 Å². The molecule has 0 spiro atoms. The fourth-order valence-corrected chi connectivity index (χ4v) is 4.32. The van der Waals surface area contributed by atoms with E-state index in [2.05, 4.69) is 16.0 Å². The number of morpholine rings is 1. The molecule has 0 N–H and O–H groups in total. The first-order valence-corrected chi connectivity index (χ1v) is 11.4. The van der Waals surface area contributed by atoms with Gasteiger partial charge in [0.05, 0.1) is 30.8 Å². The van der Waals surface area contributed by atoms with Gasteiger partial charge in [0, 0.05) is 37.5 Å². The molecule has 35 heavy (non-hydrogen) atoms. The molecule has 1 aliphatic rings. The van der Waals surface area contributed by atoms with Gasteiger partial charge in [0.15, 0.2) is 0 Å². The van der Waals surface area contributed by atoms with Crippen LogP contribution >= 0.6 is 0 Å². The molecule has 0 unspecified atom stereocenters. The second kappa shape index (κ2) is 10.4. The third-order valence-corrected chi connectivity index (χ3v) is 6.03. The summed E-state index contributed by atoms with van der Waals surface area (Å²) in [5.41, 5.74) is 4.27. The summed E-state index contributed by atoms with van der Waals surface area (Å²) in [7, 11) is 1.60. The summed E-state index contributed by atoms with van der Waals surface area (Å²) in [6, 6.07) is 16.9. The number of methoxy groups -OCH3 is 1. The van der Waals surface area contributed by atoms with Crippen LogP contribution in [-0.2, 0) is 22.6 Å². The molecule has 0 atom stereocenters. The minimum Gasteiger partial charge on any atom is -0.434 e. The Bertz CT molecular complexity index is 1290. The molecular formula is C26H26F2N4O3. The van der Waals surface area contributed by atoms with E-state index in [9.17, 15) is 8.78 Å². The van der Waals surface area contributed by atoms with Crippen molar-refractivity contribution in [1.82, 2.24) is 14.5 Å². The minimum absolute atomic E-state index is 0.145. The number of nitrogens with zero attached hydrogens (tertiary/aromatic N) is 4. The molecule has 0 aliphatic carbocycles. The van der Waals surface area contributed by atoms with Crippen molar-refractivity contribution in [3.05, 3.63) is 72.2 Å². The third kappa shape index (κ3) is 5.11. The predicted octanol–water partition coefficient (Wildman–Crippen LogP) is 4.73. The summed E-state index contributed by atoms with van der Waals surface area (Å²) in [6.07, 6.45) is 1.87. The van der Waals surface area contributed by atoms with E-state index < -0.39 is 6.61 Å². The van der Waals surface area contributed by atoms with Crippen molar-refractivity contribution in [3.63, 3.8) is 0 Å². The molecule has 182 valence electrons. The Balaban J connectivity index is 1.49. The fraction of sp³-hybridized carbons (Fsp3) is 0.308. The van der Waals surface area contributed by atoms with Crippen LogP contribution in [0.4, 0.5) is 14.6 Å². The molecule has 1 saturated heterocycles. The number of hydrogen-bond donors (Lipinski definition) is 0. The predicted molar refractivity (Wildman–Crippen MR) is 129 cm³/mol. The molecule has 9 heteroatoms. The first-order chi connectivity index (χ1) is 17.1. The molecule has 7 nitrogen and oxygen atoms in total. The van der Waals surface area contributed by atoms with Crippen molar-refractivity contribution >= 4 is 16.9 Å². The smallest absolute Gasteiger partial charge is 0.387 e. The molecule has 1 fully saturated rings. The fourth-order valence-electron chi connectivity index (χ4n) is 4.32. The zero-order valence-electron chi connectivity index (χ0n) is 19.4. The van der Waals surface area contributed by atoms with E-state index in [1.165, 1.54) is 0 Å². The Labute approximate surface area is 201 Å². The Morgan fingerprint density at radius 1 is 1.03 bits per heavy atom. The molecule has 2 aromatic heterocycles. The maximum Gasteiger partial charge on any atom is 0.387 e. The molecular weight excluding hydrogens is 454 g/mol. The number of ether oxygens (including phenoxy) is 3. The second-order valence-electron chi connectivity index (χ2n) is 8.24. The van der Waals surface area contributed by atoms with E-state index in [0.29, 0.717) is 31.1 Å². The summed E-state index contributed by atoms with van der Waals surface area (Å²) in [5.74, 6) is 1.78. The van der Waals surface area contributed by atoms with Crippen LogP contribution in [-0.4, -0.2) is 54.6 Å². The number of anilines is 1. The number of hydrogen-bond acceptors (Lipinski definition) is 6. The molecule has 0 amide bonds. The number of rotatable bonds is 8. The molecule has 0 bridgehead atoms. The van der Waals surface area contributed by atoms with E-state index in [1.807, 2.05) is 35.0 Å². The van der Waals surface area contributed by atoms with Crippen LogP contribution in [0.25, 0.3) is 22.2 Å². The van der Waals surface area contributed by atoms with Gasteiger partial charge < -0.3 is 23.7 Å². The first kappa shape index (κ1) is 23.2. The van der Waals surface area contributed by atoms with Gasteiger partial charge in [-0.3, -0.25) is 0 Å². The lowest BCUT2D eigenvalue weighted by Gasteiger charge is -2.27. The highest BCUT2D eigenvalue weighted by Crippen LogP contribution is 2.29. The highest BCUT2D eigenvalue weighted by Gasteiger charge is 2.17. The number of alkyl halides is 2. The zero-order valence-corrected chi connectivity index (χ0v) is 19.4. The maximum atomic E-state index is 12.9. The number of aromatic nitrogens is 3. The first-order valence-electron chi connectivity index (χ1n) is 11.4. The molecule has 3 heterocycles. The Hall–Kier alpha value is -3.56. The van der Waals surface area contributed by atoms with Gasteiger partial charge in [0.25, 0.3) is 0 Å². The lowest BCUT2D eigenvalue weighted by Crippen LogP contribution is -2.36. The van der Waals surface area contributed by atoms with Gasteiger partial charge >= 0.3 is 6.61 Å². The summed E-state index contributed by atoms with van der Waals surface area (Å²) in [5, 5.41) is 0. The summed E-state index contributed by atoms with van der Waals surface area (Å²) >= 11 is 0. The lowest BCUT2D eigenvalue weighted by atomic mass is 10.1. The van der Waals surface area contributed by atoms with Gasteiger partial charge in [-0.25, -0.2) is 9.97 Å². The monoisotopic (exact) mass is 480 g/mol. The average molecular weight is 481 g/mol. The van der Waals surface area contributed by atoms with E-state index >= 15 is 0 Å². The standard InChI is InChI=1S/C26H26F2N4O3/c1-33-17-25-30-21-8-6-18(19-7-9-24(29-15-19)31-10-12-34-13-11-31)14-22(21)32(25)16-20-4-2-3-5-23(20)35-26(27)28/h2-9,14-15,26H,10-13,16-17H2,1H3. The average Bonchev–Trinajstić information content (AvgIpc) is 3.22. The second-order valence-corrected chi connectivity index (χ2v) is 8.24. The zero-order chi connectivity index (χ0) is 24.2. The maximum absolute atomic E-state index is 12.9. The quantitative estimate of drug-likeness (QED) is 0.363. The van der Waals surface area contributed by atoms with Crippen LogP contribution in [0.2, 0.25) is 0 Å². The normalized spacial score (nSPS) is 14.1. The van der Waals surface area contributed by atoms with Crippen molar-refractivity contribution in [3.8, 4) is 16.9 Å². The van der Waals surface area contributed by atoms with Gasteiger partial charge in [-0.1, -0.05) is 24.3 Å². The molecule has 4 aromatic rings. The van der Waals surface area contributed by atoms with Crippen molar-refractivity contribution in [2.24, 2.45) is 0 Å². The van der Waals surface area contributed by atoms with Gasteiger partial charge in [-0.15, -0.1) is 0 Å². The number of fused-ring (bicyclic) bond motifs is 1. The molecule has 5 rings (SSSR count). The highest BCUT2D eigenvalue weighted by molar-refractivity contribution is 5.83. The van der Waals surface area contributed by atoms with Gasteiger partial charge in [-0.05, 0) is 35.9 Å².